The summed E-state index contributed by atoms with van der Waals surface area (Å²) in [5.41, 5.74) is 1.56. The molecule has 0 bridgehead atoms. The maximum atomic E-state index is 10.3. The molecule has 4 rings (SSSR count). The highest BCUT2D eigenvalue weighted by molar-refractivity contribution is 5.88. The molecule has 1 aliphatic rings. The molecule has 14 heteroatoms. The average Bonchev–Trinajstić information content (AvgIpc) is 2.97. The van der Waals surface area contributed by atoms with Crippen LogP contribution < -0.4 is 10.1 Å². The lowest BCUT2D eigenvalue weighted by molar-refractivity contribution is -0.170. The predicted octanol–water partition coefficient (Wildman–Crippen LogP) is 1.92. The van der Waals surface area contributed by atoms with Gasteiger partial charge in [0.2, 0.25) is 0 Å². The van der Waals surface area contributed by atoms with Crippen LogP contribution in [0.1, 0.15) is 29.7 Å². The Morgan fingerprint density at radius 3 is 2.26 bits per heavy atom. The number of aromatic nitrogens is 3. The number of carbonyl (C=O) groups is 3. The molecule has 0 aliphatic carbocycles. The first-order chi connectivity index (χ1) is 20.5. The van der Waals surface area contributed by atoms with E-state index in [9.17, 15) is 14.4 Å². The first-order valence-corrected chi connectivity index (χ1v) is 13.3. The molecular formula is C29H35N5O9. The van der Waals surface area contributed by atoms with Crippen LogP contribution in [0.15, 0.2) is 48.7 Å². The van der Waals surface area contributed by atoms with Gasteiger partial charge in [-0.3, -0.25) is 19.5 Å². The Balaban J connectivity index is 0.000000331. The fraction of sp³-hybridized carbons (Fsp3) is 0.379. The average molecular weight is 598 g/mol. The minimum absolute atomic E-state index is 0.618. The van der Waals surface area contributed by atoms with E-state index in [0.717, 1.165) is 54.6 Å². The summed E-state index contributed by atoms with van der Waals surface area (Å²) in [5, 5.41) is 37.2. The summed E-state index contributed by atoms with van der Waals surface area (Å²) >= 11 is 0. The van der Waals surface area contributed by atoms with Gasteiger partial charge in [0.1, 0.15) is 17.3 Å². The summed E-state index contributed by atoms with van der Waals surface area (Å²) in [6, 6.07) is 14.1. The van der Waals surface area contributed by atoms with Crippen molar-refractivity contribution in [1.29, 1.82) is 0 Å². The molecule has 5 N–H and O–H groups in total. The second kappa shape index (κ2) is 15.5. The van der Waals surface area contributed by atoms with E-state index in [4.69, 9.17) is 39.9 Å². The first-order valence-electron chi connectivity index (χ1n) is 13.3. The number of rotatable bonds is 13. The lowest BCUT2D eigenvalue weighted by Gasteiger charge is -2.29. The summed E-state index contributed by atoms with van der Waals surface area (Å²) < 4.78 is 10.5. The predicted molar refractivity (Wildman–Crippen MR) is 154 cm³/mol. The van der Waals surface area contributed by atoms with Crippen molar-refractivity contribution in [2.24, 2.45) is 0 Å². The van der Waals surface area contributed by atoms with Crippen LogP contribution in [-0.2, 0) is 38.6 Å². The zero-order valence-electron chi connectivity index (χ0n) is 23.9. The number of fused-ring (bicyclic) bond motifs is 1. The highest BCUT2D eigenvalue weighted by Crippen LogP contribution is 2.28. The van der Waals surface area contributed by atoms with Crippen LogP contribution in [0.25, 0.3) is 11.5 Å². The van der Waals surface area contributed by atoms with Crippen LogP contribution in [-0.4, -0.2) is 97.7 Å². The summed E-state index contributed by atoms with van der Waals surface area (Å²) in [7, 11) is 3.39. The maximum Gasteiger partial charge on any atom is 0.336 e. The molecule has 1 aliphatic heterocycles. The number of anilines is 1. The molecule has 1 aromatic carbocycles. The third-order valence-electron chi connectivity index (χ3n) is 6.48. The van der Waals surface area contributed by atoms with Crippen molar-refractivity contribution in [3.05, 3.63) is 65.5 Å². The lowest BCUT2D eigenvalue weighted by Crippen LogP contribution is -2.42. The van der Waals surface area contributed by atoms with Crippen molar-refractivity contribution in [3.8, 4) is 17.3 Å². The summed E-state index contributed by atoms with van der Waals surface area (Å²) in [4.78, 5) is 47.0. The van der Waals surface area contributed by atoms with E-state index < -0.39 is 36.4 Å². The van der Waals surface area contributed by atoms with E-state index in [1.165, 1.54) is 5.56 Å². The van der Waals surface area contributed by atoms with E-state index >= 15 is 0 Å². The quantitative estimate of drug-likeness (QED) is 0.179. The highest BCUT2D eigenvalue weighted by Gasteiger charge is 2.40. The van der Waals surface area contributed by atoms with Crippen LogP contribution in [0.4, 0.5) is 5.82 Å². The third kappa shape index (κ3) is 9.70. The van der Waals surface area contributed by atoms with E-state index in [1.807, 2.05) is 30.3 Å². The molecule has 0 radical (unpaired) electrons. The van der Waals surface area contributed by atoms with E-state index in [-0.39, 0.29) is 0 Å². The number of ether oxygens (including phenoxy) is 2. The van der Waals surface area contributed by atoms with Gasteiger partial charge in [0, 0.05) is 51.5 Å². The molecule has 230 valence electrons. The zero-order valence-corrected chi connectivity index (χ0v) is 23.9. The molecular weight excluding hydrogens is 562 g/mol. The molecule has 0 amide bonds. The maximum absolute atomic E-state index is 10.3. The van der Waals surface area contributed by atoms with Gasteiger partial charge in [0.05, 0.1) is 32.3 Å². The monoisotopic (exact) mass is 597 g/mol. The van der Waals surface area contributed by atoms with Gasteiger partial charge in [-0.15, -0.1) is 0 Å². The Labute approximate surface area is 248 Å². The van der Waals surface area contributed by atoms with Crippen molar-refractivity contribution in [2.45, 2.75) is 38.0 Å². The fourth-order valence-corrected chi connectivity index (χ4v) is 4.34. The first kappa shape index (κ1) is 32.8. The van der Waals surface area contributed by atoms with E-state index in [0.29, 0.717) is 19.0 Å². The van der Waals surface area contributed by atoms with E-state index in [2.05, 4.69) is 27.3 Å². The Kier molecular flexibility index (Phi) is 11.9. The number of hydrogen-bond acceptors (Lipinski definition) is 11. The summed E-state index contributed by atoms with van der Waals surface area (Å²) in [5.74, 6) is -2.60. The second-order valence-electron chi connectivity index (χ2n) is 9.74. The lowest BCUT2D eigenvalue weighted by atomic mass is 9.96. The Morgan fingerprint density at radius 1 is 1.00 bits per heavy atom. The molecule has 43 heavy (non-hydrogen) atoms. The number of carboxylic acids is 3. The van der Waals surface area contributed by atoms with Crippen LogP contribution in [0.2, 0.25) is 0 Å². The zero-order chi connectivity index (χ0) is 31.4. The number of aliphatic carboxylic acids is 3. The molecule has 0 atom stereocenters. The molecule has 0 saturated carbocycles. The molecule has 0 unspecified atom stereocenters. The van der Waals surface area contributed by atoms with Gasteiger partial charge in [-0.2, -0.15) is 0 Å². The van der Waals surface area contributed by atoms with Gasteiger partial charge < -0.3 is 35.2 Å². The molecule has 0 fully saturated rings. The van der Waals surface area contributed by atoms with Crippen LogP contribution in [0.5, 0.6) is 5.75 Å². The summed E-state index contributed by atoms with van der Waals surface area (Å²) in [6.45, 7) is 3.95. The van der Waals surface area contributed by atoms with Gasteiger partial charge in [-0.05, 0) is 29.8 Å². The third-order valence-corrected chi connectivity index (χ3v) is 6.48. The molecule has 0 saturated heterocycles. The smallest absolute Gasteiger partial charge is 0.336 e. The number of benzene rings is 1. The number of hydrogen-bond donors (Lipinski definition) is 5. The van der Waals surface area contributed by atoms with Crippen LogP contribution >= 0.6 is 0 Å². The molecule has 14 nitrogen and oxygen atoms in total. The highest BCUT2D eigenvalue weighted by atomic mass is 16.5. The number of nitrogens with zero attached hydrogens (tertiary/aromatic N) is 4. The molecule has 2 aromatic heterocycles. The number of carboxylic acid groups (broad SMARTS) is 3. The number of pyridine rings is 1. The minimum Gasteiger partial charge on any atom is -0.497 e. The van der Waals surface area contributed by atoms with Crippen molar-refractivity contribution in [1.82, 2.24) is 19.9 Å². The minimum atomic E-state index is -2.74. The van der Waals surface area contributed by atoms with Crippen molar-refractivity contribution < 1.29 is 44.3 Å². The van der Waals surface area contributed by atoms with Gasteiger partial charge in [-0.1, -0.05) is 18.2 Å². The number of methoxy groups -OCH3 is 2. The van der Waals surface area contributed by atoms with Gasteiger partial charge in [0.25, 0.3) is 0 Å². The van der Waals surface area contributed by atoms with Gasteiger partial charge >= 0.3 is 17.9 Å². The molecule has 3 aromatic rings. The van der Waals surface area contributed by atoms with Gasteiger partial charge in [-0.25, -0.2) is 14.8 Å². The second-order valence-corrected chi connectivity index (χ2v) is 9.74. The van der Waals surface area contributed by atoms with Crippen LogP contribution in [0.3, 0.4) is 0 Å². The molecule has 3 heterocycles. The Bertz CT molecular complexity index is 1370. The van der Waals surface area contributed by atoms with Crippen molar-refractivity contribution in [3.63, 3.8) is 0 Å². The summed E-state index contributed by atoms with van der Waals surface area (Å²) in [6.07, 6.45) is 0.364. The SMILES string of the molecule is COCCNc1nc(-c2ccccn2)nc2c1CN(Cc1ccc(OC)cc1)CC2.O=C(O)CC(O)(CC(=O)O)C(=O)O. The Hall–Kier alpha value is -4.66. The van der Waals surface area contributed by atoms with Crippen LogP contribution in [0, 0.1) is 0 Å². The Morgan fingerprint density at radius 2 is 1.70 bits per heavy atom. The largest absolute Gasteiger partial charge is 0.497 e. The number of nitrogens with one attached hydrogen (secondary N) is 1. The van der Waals surface area contributed by atoms with Gasteiger partial charge in [0.15, 0.2) is 11.4 Å². The fourth-order valence-electron chi connectivity index (χ4n) is 4.34. The normalized spacial score (nSPS) is 12.8. The topological polar surface area (TPSA) is 205 Å². The van der Waals surface area contributed by atoms with Crippen molar-refractivity contribution in [2.75, 3.05) is 39.2 Å². The number of aliphatic hydroxyl groups is 1. The molecule has 0 spiro atoms. The standard InChI is InChI=1S/C23H27N5O2.C6H8O7/c1-29-14-12-25-22-19-16-28(15-17-6-8-18(30-2)9-7-17)13-10-20(19)26-23(27-22)21-5-3-4-11-24-21;7-3(8)1-6(13,5(11)12)2-4(9)10/h3-9,11H,10,12-16H2,1-2H3,(H,25,26,27);13H,1-2H2,(H,7,8)(H,9,10)(H,11,12). The van der Waals surface area contributed by atoms with Crippen molar-refractivity contribution >= 4 is 23.7 Å². The van der Waals surface area contributed by atoms with E-state index in [1.54, 1.807) is 20.4 Å².